The number of amides is 1. The highest BCUT2D eigenvalue weighted by Gasteiger charge is 2.81. The molecular formula is C40H58N2O8. The van der Waals surface area contributed by atoms with Crippen molar-refractivity contribution >= 4 is 29.6 Å². The van der Waals surface area contributed by atoms with Crippen LogP contribution in [-0.2, 0) is 33.4 Å². The average Bonchev–Trinajstić information content (AvgIpc) is 3.67. The van der Waals surface area contributed by atoms with E-state index in [1.165, 1.54) is 13.8 Å². The third kappa shape index (κ3) is 5.57. The number of hydrogen-bond donors (Lipinski definition) is 0. The van der Waals surface area contributed by atoms with Crippen molar-refractivity contribution < 1.29 is 38.2 Å². The Balaban J connectivity index is 1.24. The van der Waals surface area contributed by atoms with Crippen LogP contribution in [0.15, 0.2) is 24.3 Å². The topological polar surface area (TPSA) is 120 Å². The largest absolute Gasteiger partial charge is 0.462 e. The molecule has 1 heterocycles. The molecule has 10 heteroatoms. The standard InChI is InChI=1S/C40H58N2O8/c1-23(21-48-36(47)42-18-16-41(9)17-19-42)24(2)34(46)35(50-28(6)44)26(4)33-31(49-27(5)43)20-38(8)32-11-10-29-25(3)30(45)12-13-39(29)22-40(32,39)15-14-37(33,38)7/h12-13,23,25-26,29,31-33,35H,2,10-11,14-22H2,1,3-9H3/t23-,25-,26-,29-,31-,32-,33-,35+,37+,38-,39+,40-/m0/s1. The molecule has 4 saturated carbocycles. The first-order valence-electron chi connectivity index (χ1n) is 18.8. The first-order chi connectivity index (χ1) is 23.4. The van der Waals surface area contributed by atoms with Crippen molar-refractivity contribution in [1.82, 2.24) is 9.80 Å². The summed E-state index contributed by atoms with van der Waals surface area (Å²) in [6.45, 7) is 20.1. The van der Waals surface area contributed by atoms with E-state index in [-0.39, 0.29) is 57.4 Å². The first-order valence-corrected chi connectivity index (χ1v) is 18.8. The second kappa shape index (κ2) is 12.9. The number of carbonyl (C=O) groups excluding carboxylic acids is 5. The number of ketones is 2. The van der Waals surface area contributed by atoms with Gasteiger partial charge >= 0.3 is 18.0 Å². The molecule has 0 aromatic rings. The van der Waals surface area contributed by atoms with E-state index in [4.69, 9.17) is 14.2 Å². The Kier molecular flexibility index (Phi) is 9.48. The SMILES string of the molecule is C=C(C(=O)[C@H](OC(C)=O)[C@@H](C)[C@H]1[C@@H](OC(C)=O)C[C@@]2(C)[C@@H]3CC[C@H]4[C@H](C)C(=O)C=C[C@@]45C[C@@]35CC[C@]12C)[C@@H](C)COC(=O)N1CCN(C)CC1. The van der Waals surface area contributed by atoms with Crippen LogP contribution in [0, 0.1) is 57.2 Å². The van der Waals surface area contributed by atoms with Crippen molar-refractivity contribution in [3.63, 3.8) is 0 Å². The molecule has 1 amide bonds. The first kappa shape index (κ1) is 36.8. The molecule has 0 aromatic heterocycles. The van der Waals surface area contributed by atoms with E-state index in [0.717, 1.165) is 45.2 Å². The van der Waals surface area contributed by atoms with Gasteiger partial charge in [-0.3, -0.25) is 19.2 Å². The van der Waals surface area contributed by atoms with Crippen LogP contribution >= 0.6 is 0 Å². The molecule has 1 aliphatic heterocycles. The quantitative estimate of drug-likeness (QED) is 0.172. The molecule has 5 aliphatic carbocycles. The fourth-order valence-electron chi connectivity index (χ4n) is 12.2. The maximum absolute atomic E-state index is 14.3. The molecule has 2 spiro atoms. The summed E-state index contributed by atoms with van der Waals surface area (Å²) in [5.41, 5.74) is -0.125. The Labute approximate surface area is 297 Å². The summed E-state index contributed by atoms with van der Waals surface area (Å²) in [5, 5.41) is 0. The highest BCUT2D eigenvalue weighted by molar-refractivity contribution is 6.00. The van der Waals surface area contributed by atoms with Crippen LogP contribution in [0.2, 0.25) is 0 Å². The monoisotopic (exact) mass is 694 g/mol. The fourth-order valence-corrected chi connectivity index (χ4v) is 12.2. The Morgan fingerprint density at radius 1 is 1.00 bits per heavy atom. The van der Waals surface area contributed by atoms with Gasteiger partial charge in [-0.15, -0.1) is 0 Å². The van der Waals surface area contributed by atoms with Gasteiger partial charge in [0.1, 0.15) is 6.10 Å². The lowest BCUT2D eigenvalue weighted by atomic mass is 9.43. The zero-order valence-electron chi connectivity index (χ0n) is 31.4. The molecule has 12 atom stereocenters. The number of carbonyl (C=O) groups is 5. The number of hydrogen-bond acceptors (Lipinski definition) is 9. The van der Waals surface area contributed by atoms with Crippen LogP contribution in [-0.4, -0.2) is 91.4 Å². The van der Waals surface area contributed by atoms with Crippen LogP contribution in [0.4, 0.5) is 4.79 Å². The van der Waals surface area contributed by atoms with Crippen molar-refractivity contribution in [2.45, 2.75) is 99.2 Å². The van der Waals surface area contributed by atoms with Gasteiger partial charge in [-0.05, 0) is 90.7 Å². The average molecular weight is 695 g/mol. The van der Waals surface area contributed by atoms with E-state index in [9.17, 15) is 24.0 Å². The van der Waals surface area contributed by atoms with Gasteiger partial charge in [0.2, 0.25) is 0 Å². The maximum Gasteiger partial charge on any atom is 0.409 e. The van der Waals surface area contributed by atoms with Gasteiger partial charge in [-0.2, -0.15) is 0 Å². The number of esters is 2. The second-order valence-corrected chi connectivity index (χ2v) is 17.4. The zero-order chi connectivity index (χ0) is 36.6. The van der Waals surface area contributed by atoms with Gasteiger partial charge in [0.05, 0.1) is 6.61 Å². The molecule has 6 rings (SSSR count). The Morgan fingerprint density at radius 2 is 1.68 bits per heavy atom. The second-order valence-electron chi connectivity index (χ2n) is 17.4. The predicted octanol–water partition coefficient (Wildman–Crippen LogP) is 5.64. The van der Waals surface area contributed by atoms with Crippen molar-refractivity contribution in [2.75, 3.05) is 39.8 Å². The molecule has 50 heavy (non-hydrogen) atoms. The molecule has 5 fully saturated rings. The van der Waals surface area contributed by atoms with Gasteiger partial charge in [-0.1, -0.05) is 47.3 Å². The fraction of sp³-hybridized carbons (Fsp3) is 0.775. The number of nitrogens with zero attached hydrogens (tertiary/aromatic N) is 2. The highest BCUT2D eigenvalue weighted by Crippen LogP contribution is 2.87. The number of piperazine rings is 1. The lowest BCUT2D eigenvalue weighted by molar-refractivity contribution is -0.166. The molecule has 276 valence electrons. The van der Waals surface area contributed by atoms with Gasteiger partial charge < -0.3 is 24.0 Å². The number of rotatable bonds is 9. The Morgan fingerprint density at radius 3 is 2.32 bits per heavy atom. The molecule has 0 bridgehead atoms. The van der Waals surface area contributed by atoms with Gasteiger partial charge in [0, 0.05) is 63.7 Å². The molecular weight excluding hydrogens is 636 g/mol. The smallest absolute Gasteiger partial charge is 0.409 e. The van der Waals surface area contributed by atoms with Gasteiger partial charge in [-0.25, -0.2) is 4.79 Å². The van der Waals surface area contributed by atoms with E-state index >= 15 is 0 Å². The Bertz CT molecular complexity index is 1480. The Hall–Kier alpha value is -3.01. The van der Waals surface area contributed by atoms with E-state index < -0.39 is 41.9 Å². The van der Waals surface area contributed by atoms with Gasteiger partial charge in [0.25, 0.3) is 0 Å². The van der Waals surface area contributed by atoms with Gasteiger partial charge in [0.15, 0.2) is 17.7 Å². The van der Waals surface area contributed by atoms with E-state index in [1.54, 1.807) is 11.8 Å². The molecule has 0 N–H and O–H groups in total. The maximum atomic E-state index is 14.3. The minimum atomic E-state index is -1.13. The molecule has 10 nitrogen and oxygen atoms in total. The van der Waals surface area contributed by atoms with E-state index in [0.29, 0.717) is 31.3 Å². The lowest BCUT2D eigenvalue weighted by Gasteiger charge is -2.61. The third-order valence-corrected chi connectivity index (χ3v) is 15.1. The van der Waals surface area contributed by atoms with E-state index in [2.05, 4.69) is 38.3 Å². The lowest BCUT2D eigenvalue weighted by Crippen LogP contribution is -2.56. The minimum absolute atomic E-state index is 0.0165. The van der Waals surface area contributed by atoms with Crippen LogP contribution in [0.5, 0.6) is 0 Å². The van der Waals surface area contributed by atoms with E-state index in [1.807, 2.05) is 20.0 Å². The number of allylic oxidation sites excluding steroid dienone is 2. The summed E-state index contributed by atoms with van der Waals surface area (Å²) < 4.78 is 17.7. The molecule has 0 radical (unpaired) electrons. The summed E-state index contributed by atoms with van der Waals surface area (Å²) in [5.74, 6) is -1.54. The van der Waals surface area contributed by atoms with Crippen molar-refractivity contribution in [2.24, 2.45) is 57.2 Å². The van der Waals surface area contributed by atoms with Crippen molar-refractivity contribution in [3.05, 3.63) is 24.3 Å². The van der Waals surface area contributed by atoms with Crippen LogP contribution in [0.3, 0.4) is 0 Å². The predicted molar refractivity (Wildman–Crippen MR) is 187 cm³/mol. The van der Waals surface area contributed by atoms with Crippen molar-refractivity contribution in [3.8, 4) is 0 Å². The highest BCUT2D eigenvalue weighted by atomic mass is 16.6. The zero-order valence-corrected chi connectivity index (χ0v) is 31.4. The van der Waals surface area contributed by atoms with Crippen molar-refractivity contribution in [1.29, 1.82) is 0 Å². The minimum Gasteiger partial charge on any atom is -0.462 e. The van der Waals surface area contributed by atoms with Crippen LogP contribution in [0.1, 0.15) is 87.0 Å². The third-order valence-electron chi connectivity index (χ3n) is 15.1. The molecule has 0 unspecified atom stereocenters. The number of ether oxygens (including phenoxy) is 3. The van der Waals surface area contributed by atoms with Crippen LogP contribution < -0.4 is 0 Å². The summed E-state index contributed by atoms with van der Waals surface area (Å²) in [6, 6.07) is 0. The summed E-state index contributed by atoms with van der Waals surface area (Å²) in [7, 11) is 2.01. The summed E-state index contributed by atoms with van der Waals surface area (Å²) >= 11 is 0. The molecule has 6 aliphatic rings. The molecule has 1 saturated heterocycles. The summed E-state index contributed by atoms with van der Waals surface area (Å²) in [6.07, 6.45) is 7.77. The molecule has 0 aromatic carbocycles. The number of fused-ring (bicyclic) bond motifs is 2. The summed E-state index contributed by atoms with van der Waals surface area (Å²) in [4.78, 5) is 68.8. The number of Topliss-reactive ketones (excluding diaryl/α,β-unsaturated/α-hetero) is 1. The van der Waals surface area contributed by atoms with Crippen LogP contribution in [0.25, 0.3) is 0 Å². The number of likely N-dealkylation sites (N-methyl/N-ethyl adjacent to an activating group) is 1. The normalized spacial score (nSPS) is 40.6.